The fraction of sp³-hybridized carbons (Fsp3) is 0.389. The summed E-state index contributed by atoms with van der Waals surface area (Å²) in [5, 5.41) is 23.5. The summed E-state index contributed by atoms with van der Waals surface area (Å²) < 4.78 is 31.7. The average Bonchev–Trinajstić information content (AvgIpc) is 3.37. The molecule has 0 saturated carbocycles. The van der Waals surface area contributed by atoms with Gasteiger partial charge < -0.3 is 44.5 Å². The molecule has 1 aliphatic heterocycles. The van der Waals surface area contributed by atoms with Gasteiger partial charge in [-0.05, 0) is 17.7 Å². The maximum Gasteiger partial charge on any atom is 0.469 e. The second-order valence-electron chi connectivity index (χ2n) is 7.09. The summed E-state index contributed by atoms with van der Waals surface area (Å²) >= 11 is 0. The SMILES string of the molecule is COc1ccc(CNc2ncnc3nc[nH]c23)cc1OC1O[C@H](COP(=O)(O)O)[C@@H](O)[C@H]1O. The Morgan fingerprint density at radius 3 is 2.76 bits per heavy atom. The molecule has 0 amide bonds. The number of hydrogen-bond donors (Lipinski definition) is 6. The van der Waals surface area contributed by atoms with E-state index in [2.05, 4.69) is 29.8 Å². The summed E-state index contributed by atoms with van der Waals surface area (Å²) in [4.78, 5) is 33.0. The predicted octanol–water partition coefficient (Wildman–Crippen LogP) is -0.0916. The van der Waals surface area contributed by atoms with Crippen LogP contribution in [0, 0.1) is 0 Å². The molecule has 4 atom stereocenters. The van der Waals surface area contributed by atoms with Gasteiger partial charge in [0.25, 0.3) is 0 Å². The number of aliphatic hydroxyl groups is 2. The van der Waals surface area contributed by atoms with Crippen molar-refractivity contribution in [1.82, 2.24) is 19.9 Å². The number of benzene rings is 1. The fourth-order valence-electron chi connectivity index (χ4n) is 3.25. The molecular formula is C18H22N5O9P. The van der Waals surface area contributed by atoms with E-state index in [-0.39, 0.29) is 5.75 Å². The standard InChI is InChI=1S/C18H22N5O9P/c1-29-10-3-2-9(5-19-16-13-17(21-7-20-13)23-8-22-16)4-11(10)31-18-15(25)14(24)12(32-18)6-30-33(26,27)28/h2-4,7-8,12,14-15,18,24-25H,5-6H2,1H3,(H2,26,27,28)(H2,19,20,21,22,23)/t12-,14-,15-,18?/m1/s1. The van der Waals surface area contributed by atoms with Crippen LogP contribution in [0.5, 0.6) is 11.5 Å². The monoisotopic (exact) mass is 483 g/mol. The molecule has 1 saturated heterocycles. The van der Waals surface area contributed by atoms with E-state index in [1.54, 1.807) is 18.2 Å². The van der Waals surface area contributed by atoms with Gasteiger partial charge in [0.1, 0.15) is 30.2 Å². The first-order valence-corrected chi connectivity index (χ1v) is 11.2. The lowest BCUT2D eigenvalue weighted by Gasteiger charge is -2.19. The average molecular weight is 483 g/mol. The Morgan fingerprint density at radius 1 is 1.18 bits per heavy atom. The number of phosphoric acid groups is 1. The molecule has 1 aromatic carbocycles. The number of rotatable bonds is 9. The van der Waals surface area contributed by atoms with Crippen molar-refractivity contribution in [1.29, 1.82) is 0 Å². The van der Waals surface area contributed by atoms with E-state index in [0.717, 1.165) is 5.56 Å². The molecule has 178 valence electrons. The zero-order valence-electron chi connectivity index (χ0n) is 17.2. The molecular weight excluding hydrogens is 461 g/mol. The Kier molecular flexibility index (Phi) is 6.76. The van der Waals surface area contributed by atoms with Gasteiger partial charge in [-0.25, -0.2) is 19.5 Å². The molecule has 14 nitrogen and oxygen atoms in total. The normalized spacial score (nSPS) is 23.1. The summed E-state index contributed by atoms with van der Waals surface area (Å²) in [6.07, 6.45) is -2.59. The van der Waals surface area contributed by atoms with Crippen LogP contribution in [0.3, 0.4) is 0 Å². The Morgan fingerprint density at radius 2 is 2.00 bits per heavy atom. The van der Waals surface area contributed by atoms with E-state index in [4.69, 9.17) is 24.0 Å². The van der Waals surface area contributed by atoms with Gasteiger partial charge in [0.15, 0.2) is 23.0 Å². The topological polar surface area (TPSA) is 201 Å². The van der Waals surface area contributed by atoms with E-state index in [9.17, 15) is 14.8 Å². The molecule has 3 heterocycles. The number of anilines is 1. The van der Waals surface area contributed by atoms with Crippen LogP contribution in [-0.4, -0.2) is 78.3 Å². The first-order chi connectivity index (χ1) is 15.7. The minimum atomic E-state index is -4.77. The lowest BCUT2D eigenvalue weighted by molar-refractivity contribution is -0.116. The predicted molar refractivity (Wildman–Crippen MR) is 111 cm³/mol. The van der Waals surface area contributed by atoms with Crippen LogP contribution >= 0.6 is 7.82 Å². The number of aromatic amines is 1. The summed E-state index contributed by atoms with van der Waals surface area (Å²) in [6, 6.07) is 5.10. The van der Waals surface area contributed by atoms with Crippen LogP contribution in [0.4, 0.5) is 5.82 Å². The highest BCUT2D eigenvalue weighted by molar-refractivity contribution is 7.46. The first-order valence-electron chi connectivity index (χ1n) is 9.68. The number of ether oxygens (including phenoxy) is 3. The fourth-order valence-corrected chi connectivity index (χ4v) is 3.59. The molecule has 0 radical (unpaired) electrons. The van der Waals surface area contributed by atoms with Crippen molar-refractivity contribution in [2.75, 3.05) is 19.0 Å². The third kappa shape index (κ3) is 5.39. The van der Waals surface area contributed by atoms with Gasteiger partial charge in [-0.1, -0.05) is 6.07 Å². The molecule has 3 aromatic rings. The number of aliphatic hydroxyl groups excluding tert-OH is 2. The van der Waals surface area contributed by atoms with Crippen molar-refractivity contribution >= 4 is 24.8 Å². The second kappa shape index (κ2) is 9.57. The van der Waals surface area contributed by atoms with Crippen molar-refractivity contribution < 1.29 is 43.3 Å². The summed E-state index contributed by atoms with van der Waals surface area (Å²) in [6.45, 7) is -0.286. The minimum absolute atomic E-state index is 0.221. The Labute approximate surface area is 186 Å². The molecule has 0 aliphatic carbocycles. The van der Waals surface area contributed by atoms with Crippen molar-refractivity contribution in [3.05, 3.63) is 36.4 Å². The molecule has 6 N–H and O–H groups in total. The number of methoxy groups -OCH3 is 1. The first kappa shape index (κ1) is 23.3. The Bertz CT molecular complexity index is 1160. The van der Waals surface area contributed by atoms with E-state index >= 15 is 0 Å². The number of H-pyrrole nitrogens is 1. The second-order valence-corrected chi connectivity index (χ2v) is 8.33. The largest absolute Gasteiger partial charge is 0.493 e. The van der Waals surface area contributed by atoms with Crippen LogP contribution in [0.25, 0.3) is 11.2 Å². The van der Waals surface area contributed by atoms with Gasteiger partial charge in [-0.3, -0.25) is 4.52 Å². The molecule has 0 bridgehead atoms. The lowest BCUT2D eigenvalue weighted by atomic mass is 10.1. The van der Waals surface area contributed by atoms with Crippen molar-refractivity contribution in [3.63, 3.8) is 0 Å². The summed E-state index contributed by atoms with van der Waals surface area (Å²) in [7, 11) is -3.33. The van der Waals surface area contributed by atoms with E-state index < -0.39 is 39.0 Å². The highest BCUT2D eigenvalue weighted by Gasteiger charge is 2.45. The maximum absolute atomic E-state index is 10.9. The smallest absolute Gasteiger partial charge is 0.469 e. The molecule has 33 heavy (non-hydrogen) atoms. The molecule has 15 heteroatoms. The lowest BCUT2D eigenvalue weighted by Crippen LogP contribution is -2.35. The van der Waals surface area contributed by atoms with Gasteiger partial charge in [-0.2, -0.15) is 0 Å². The summed E-state index contributed by atoms with van der Waals surface area (Å²) in [5.74, 6) is 1.12. The van der Waals surface area contributed by atoms with Crippen molar-refractivity contribution in [3.8, 4) is 11.5 Å². The third-order valence-electron chi connectivity index (χ3n) is 4.88. The van der Waals surface area contributed by atoms with Crippen LogP contribution in [0.2, 0.25) is 0 Å². The van der Waals surface area contributed by atoms with Gasteiger partial charge in [0, 0.05) is 6.54 Å². The molecule has 2 aromatic heterocycles. The zero-order chi connectivity index (χ0) is 23.6. The van der Waals surface area contributed by atoms with Crippen LogP contribution < -0.4 is 14.8 Å². The number of fused-ring (bicyclic) bond motifs is 1. The molecule has 1 fully saturated rings. The molecule has 1 unspecified atom stereocenters. The van der Waals surface area contributed by atoms with E-state index in [1.807, 2.05) is 0 Å². The summed E-state index contributed by atoms with van der Waals surface area (Å²) in [5.41, 5.74) is 1.95. The van der Waals surface area contributed by atoms with Gasteiger partial charge in [0.05, 0.1) is 20.0 Å². The molecule has 0 spiro atoms. The van der Waals surface area contributed by atoms with Crippen LogP contribution in [0.1, 0.15) is 5.56 Å². The number of nitrogens with one attached hydrogen (secondary N) is 2. The van der Waals surface area contributed by atoms with Gasteiger partial charge >= 0.3 is 7.82 Å². The minimum Gasteiger partial charge on any atom is -0.493 e. The molecule has 4 rings (SSSR count). The third-order valence-corrected chi connectivity index (χ3v) is 5.37. The maximum atomic E-state index is 10.9. The van der Waals surface area contributed by atoms with Crippen molar-refractivity contribution in [2.45, 2.75) is 31.1 Å². The van der Waals surface area contributed by atoms with Gasteiger partial charge in [0.2, 0.25) is 6.29 Å². The van der Waals surface area contributed by atoms with Crippen molar-refractivity contribution in [2.24, 2.45) is 0 Å². The van der Waals surface area contributed by atoms with Crippen LogP contribution in [0.15, 0.2) is 30.9 Å². The molecule has 1 aliphatic rings. The Hall–Kier alpha value is -2.84. The number of imidazole rings is 1. The van der Waals surface area contributed by atoms with E-state index in [0.29, 0.717) is 29.3 Å². The van der Waals surface area contributed by atoms with Crippen LogP contribution in [-0.2, 0) is 20.4 Å². The van der Waals surface area contributed by atoms with E-state index in [1.165, 1.54) is 19.8 Å². The highest BCUT2D eigenvalue weighted by atomic mass is 31.2. The highest BCUT2D eigenvalue weighted by Crippen LogP contribution is 2.38. The number of phosphoric ester groups is 1. The zero-order valence-corrected chi connectivity index (χ0v) is 18.1. The number of hydrogen-bond acceptors (Lipinski definition) is 11. The number of nitrogens with zero attached hydrogens (tertiary/aromatic N) is 3. The number of aromatic nitrogens is 4. The van der Waals surface area contributed by atoms with Gasteiger partial charge in [-0.15, -0.1) is 0 Å². The quantitative estimate of drug-likeness (QED) is 0.221. The Balaban J connectivity index is 1.45.